The van der Waals surface area contributed by atoms with Gasteiger partial charge in [-0.1, -0.05) is 32.8 Å². The Balaban J connectivity index is 1.66. The number of H-pyrrole nitrogens is 1. The van der Waals surface area contributed by atoms with Gasteiger partial charge >= 0.3 is 0 Å². The summed E-state index contributed by atoms with van der Waals surface area (Å²) in [5, 5.41) is 4.51. The molecule has 0 aliphatic rings. The lowest BCUT2D eigenvalue weighted by Gasteiger charge is -2.22. The van der Waals surface area contributed by atoms with Gasteiger partial charge in [0.1, 0.15) is 23.1 Å². The third kappa shape index (κ3) is 4.73. The number of nitrogens with zero attached hydrogens (tertiary/aromatic N) is 3. The van der Waals surface area contributed by atoms with E-state index in [0.717, 1.165) is 53.0 Å². The number of anilines is 1. The minimum Gasteiger partial charge on any atom is -0.496 e. The van der Waals surface area contributed by atoms with E-state index in [9.17, 15) is 0 Å². The molecule has 0 amide bonds. The molecular weight excluding hydrogens is 350 g/mol. The lowest BCUT2D eigenvalue weighted by atomic mass is 10.2. The van der Waals surface area contributed by atoms with Crippen LogP contribution in [-0.4, -0.2) is 53.1 Å². The fourth-order valence-electron chi connectivity index (χ4n) is 3.62. The Hall–Kier alpha value is -2.34. The van der Waals surface area contributed by atoms with Crippen molar-refractivity contribution in [2.45, 2.75) is 46.0 Å². The molecule has 3 aromatic rings. The number of aromatic nitrogens is 3. The number of rotatable bonds is 12. The van der Waals surface area contributed by atoms with Crippen LogP contribution in [0.4, 0.5) is 5.82 Å². The molecule has 2 aromatic heterocycles. The van der Waals surface area contributed by atoms with Crippen LogP contribution in [0.3, 0.4) is 0 Å². The third-order valence-corrected chi connectivity index (χ3v) is 5.19. The highest BCUT2D eigenvalue weighted by atomic mass is 16.5. The quantitative estimate of drug-likeness (QED) is 0.439. The van der Waals surface area contributed by atoms with Crippen LogP contribution in [0.25, 0.3) is 21.9 Å². The van der Waals surface area contributed by atoms with E-state index in [1.165, 1.54) is 38.8 Å². The standard InChI is InChI=1S/C22H33N5O/c1-4-6-13-27(14-7-5-2)15-9-12-23-22-21-20(24-16-25-22)19-17(26-21)10-8-11-18(19)28-3/h8,10-11,16,26H,4-7,9,12-15H2,1-3H3,(H,23,24,25). The fourth-order valence-corrected chi connectivity index (χ4v) is 3.62. The van der Waals surface area contributed by atoms with E-state index in [1.807, 2.05) is 18.2 Å². The highest BCUT2D eigenvalue weighted by molar-refractivity contribution is 6.10. The average molecular weight is 384 g/mol. The molecule has 0 radical (unpaired) electrons. The van der Waals surface area contributed by atoms with Gasteiger partial charge in [-0.15, -0.1) is 0 Å². The number of hydrogen-bond acceptors (Lipinski definition) is 5. The van der Waals surface area contributed by atoms with Crippen LogP contribution in [0.2, 0.25) is 0 Å². The maximum absolute atomic E-state index is 5.52. The highest BCUT2D eigenvalue weighted by Crippen LogP contribution is 2.33. The summed E-state index contributed by atoms with van der Waals surface area (Å²) in [6.07, 6.45) is 7.79. The minimum absolute atomic E-state index is 0.830. The number of unbranched alkanes of at least 4 members (excludes halogenated alkanes) is 2. The van der Waals surface area contributed by atoms with Gasteiger partial charge in [0.15, 0.2) is 5.82 Å². The molecule has 0 spiro atoms. The van der Waals surface area contributed by atoms with Crippen LogP contribution in [0.1, 0.15) is 46.0 Å². The van der Waals surface area contributed by atoms with E-state index in [0.29, 0.717) is 0 Å². The van der Waals surface area contributed by atoms with Crippen LogP contribution in [-0.2, 0) is 0 Å². The maximum atomic E-state index is 5.52. The summed E-state index contributed by atoms with van der Waals surface area (Å²) in [6, 6.07) is 5.99. The van der Waals surface area contributed by atoms with E-state index < -0.39 is 0 Å². The Morgan fingerprint density at radius 2 is 1.79 bits per heavy atom. The van der Waals surface area contributed by atoms with Gasteiger partial charge in [0.25, 0.3) is 0 Å². The largest absolute Gasteiger partial charge is 0.496 e. The molecule has 6 nitrogen and oxygen atoms in total. The Labute approximate surface area is 167 Å². The number of aromatic amines is 1. The third-order valence-electron chi connectivity index (χ3n) is 5.19. The summed E-state index contributed by atoms with van der Waals surface area (Å²) in [5.74, 6) is 1.69. The summed E-state index contributed by atoms with van der Waals surface area (Å²) in [7, 11) is 1.69. The fraction of sp³-hybridized carbons (Fsp3) is 0.545. The van der Waals surface area contributed by atoms with Crippen LogP contribution < -0.4 is 10.1 Å². The lowest BCUT2D eigenvalue weighted by Crippen LogP contribution is -2.28. The van der Waals surface area contributed by atoms with Crippen molar-refractivity contribution in [3.05, 3.63) is 24.5 Å². The molecule has 0 fully saturated rings. The van der Waals surface area contributed by atoms with Crippen molar-refractivity contribution in [1.82, 2.24) is 19.9 Å². The maximum Gasteiger partial charge on any atom is 0.153 e. The second-order valence-electron chi connectivity index (χ2n) is 7.28. The molecule has 1 aromatic carbocycles. The zero-order chi connectivity index (χ0) is 19.8. The molecule has 0 saturated carbocycles. The van der Waals surface area contributed by atoms with Gasteiger partial charge < -0.3 is 19.9 Å². The summed E-state index contributed by atoms with van der Waals surface area (Å²) in [6.45, 7) is 8.95. The van der Waals surface area contributed by atoms with Crippen molar-refractivity contribution >= 4 is 27.8 Å². The zero-order valence-electron chi connectivity index (χ0n) is 17.4. The van der Waals surface area contributed by atoms with Gasteiger partial charge in [0, 0.05) is 6.54 Å². The van der Waals surface area contributed by atoms with Crippen molar-refractivity contribution in [1.29, 1.82) is 0 Å². The first-order chi connectivity index (χ1) is 13.8. The molecule has 0 aliphatic carbocycles. The molecule has 0 aliphatic heterocycles. The van der Waals surface area contributed by atoms with Crippen LogP contribution in [0, 0.1) is 0 Å². The van der Waals surface area contributed by atoms with Crippen molar-refractivity contribution < 1.29 is 4.74 Å². The summed E-state index contributed by atoms with van der Waals surface area (Å²) < 4.78 is 5.52. The predicted molar refractivity (Wildman–Crippen MR) is 117 cm³/mol. The number of ether oxygens (including phenoxy) is 1. The first-order valence-electron chi connectivity index (χ1n) is 10.5. The lowest BCUT2D eigenvalue weighted by molar-refractivity contribution is 0.264. The summed E-state index contributed by atoms with van der Waals surface area (Å²) >= 11 is 0. The van der Waals surface area contributed by atoms with E-state index in [2.05, 4.69) is 39.0 Å². The predicted octanol–water partition coefficient (Wildman–Crippen LogP) is 4.82. The van der Waals surface area contributed by atoms with E-state index in [-0.39, 0.29) is 0 Å². The van der Waals surface area contributed by atoms with Crippen molar-refractivity contribution in [3.8, 4) is 5.75 Å². The monoisotopic (exact) mass is 383 g/mol. The highest BCUT2D eigenvalue weighted by Gasteiger charge is 2.14. The van der Waals surface area contributed by atoms with Crippen LogP contribution in [0.15, 0.2) is 24.5 Å². The van der Waals surface area contributed by atoms with E-state index in [4.69, 9.17) is 4.74 Å². The van der Waals surface area contributed by atoms with Gasteiger partial charge in [-0.05, 0) is 51.0 Å². The molecule has 28 heavy (non-hydrogen) atoms. The van der Waals surface area contributed by atoms with Crippen LogP contribution in [0.5, 0.6) is 5.75 Å². The molecule has 0 bridgehead atoms. The van der Waals surface area contributed by atoms with Crippen molar-refractivity contribution in [2.24, 2.45) is 0 Å². The molecule has 0 unspecified atom stereocenters. The summed E-state index contributed by atoms with van der Waals surface area (Å²) in [5.41, 5.74) is 2.86. The normalized spacial score (nSPS) is 11.6. The molecule has 152 valence electrons. The Morgan fingerprint density at radius 3 is 2.50 bits per heavy atom. The average Bonchev–Trinajstić information content (AvgIpc) is 3.12. The summed E-state index contributed by atoms with van der Waals surface area (Å²) in [4.78, 5) is 15.0. The number of hydrogen-bond donors (Lipinski definition) is 2. The first-order valence-corrected chi connectivity index (χ1v) is 10.5. The smallest absolute Gasteiger partial charge is 0.153 e. The van der Waals surface area contributed by atoms with Crippen molar-refractivity contribution in [3.63, 3.8) is 0 Å². The zero-order valence-corrected chi connectivity index (χ0v) is 17.4. The van der Waals surface area contributed by atoms with Crippen molar-refractivity contribution in [2.75, 3.05) is 38.6 Å². The Bertz CT molecular complexity index is 868. The molecule has 3 rings (SSSR count). The number of fused-ring (bicyclic) bond motifs is 3. The van der Waals surface area contributed by atoms with Gasteiger partial charge in [-0.25, -0.2) is 9.97 Å². The molecule has 6 heteroatoms. The van der Waals surface area contributed by atoms with Gasteiger partial charge in [-0.2, -0.15) is 0 Å². The van der Waals surface area contributed by atoms with Gasteiger partial charge in [-0.3, -0.25) is 0 Å². The van der Waals surface area contributed by atoms with Gasteiger partial charge in [0.05, 0.1) is 18.0 Å². The number of benzene rings is 1. The number of nitrogens with one attached hydrogen (secondary N) is 2. The second kappa shape index (κ2) is 10.3. The first kappa shape index (κ1) is 20.4. The topological polar surface area (TPSA) is 66.1 Å². The molecule has 0 atom stereocenters. The molecular formula is C22H33N5O. The molecule has 2 heterocycles. The molecule has 2 N–H and O–H groups in total. The molecule has 0 saturated heterocycles. The van der Waals surface area contributed by atoms with Crippen LogP contribution >= 0.6 is 0 Å². The Kier molecular flexibility index (Phi) is 7.48. The SMILES string of the molecule is CCCCN(CCCC)CCCNc1ncnc2c1[nH]c1cccc(OC)c12. The second-order valence-corrected chi connectivity index (χ2v) is 7.28. The number of methoxy groups -OCH3 is 1. The van der Waals surface area contributed by atoms with E-state index >= 15 is 0 Å². The van der Waals surface area contributed by atoms with E-state index in [1.54, 1.807) is 13.4 Å². The minimum atomic E-state index is 0.830. The van der Waals surface area contributed by atoms with Gasteiger partial charge in [0.2, 0.25) is 0 Å². The Morgan fingerprint density at radius 1 is 1.04 bits per heavy atom.